The first-order valence-electron chi connectivity index (χ1n) is 8.04. The van der Waals surface area contributed by atoms with Crippen LogP contribution < -0.4 is 0 Å². The second-order valence-corrected chi connectivity index (χ2v) is 5.38. The fourth-order valence-corrected chi connectivity index (χ4v) is 2.03. The third-order valence-corrected chi connectivity index (χ3v) is 3.31. The zero-order chi connectivity index (χ0) is 16.2. The van der Waals surface area contributed by atoms with Gasteiger partial charge in [-0.25, -0.2) is 9.59 Å². The first-order chi connectivity index (χ1) is 10.6. The maximum Gasteiger partial charge on any atom is 0.331 e. The van der Waals surface area contributed by atoms with Gasteiger partial charge in [0.05, 0.1) is 6.61 Å². The van der Waals surface area contributed by atoms with Gasteiger partial charge < -0.3 is 9.47 Å². The van der Waals surface area contributed by atoms with Gasteiger partial charge in [-0.2, -0.15) is 0 Å². The summed E-state index contributed by atoms with van der Waals surface area (Å²) in [5.74, 6) is -0.803. The first-order valence-corrected chi connectivity index (χ1v) is 8.04. The Bertz CT molecular complexity index is 446. The molecule has 0 heterocycles. The van der Waals surface area contributed by atoms with Crippen LogP contribution in [0, 0.1) is 0 Å². The number of esters is 2. The normalized spacial score (nSPS) is 16.5. The van der Waals surface area contributed by atoms with E-state index in [1.165, 1.54) is 36.6 Å². The van der Waals surface area contributed by atoms with E-state index in [9.17, 15) is 9.59 Å². The number of allylic oxidation sites excluding steroid dienone is 3. The van der Waals surface area contributed by atoms with Crippen molar-refractivity contribution >= 4 is 11.9 Å². The number of hydrogen-bond acceptors (Lipinski definition) is 4. The Kier molecular flexibility index (Phi) is 8.96. The van der Waals surface area contributed by atoms with Crippen LogP contribution in [0.3, 0.4) is 0 Å². The SMILES string of the molecule is CCCCOC(=O)/C=C\[C@@H](C)OC(=O)/C=C/C1=CCCCC1. The predicted octanol–water partition coefficient (Wildman–Crippen LogP) is 3.87. The van der Waals surface area contributed by atoms with Gasteiger partial charge in [0.1, 0.15) is 6.10 Å². The van der Waals surface area contributed by atoms with Gasteiger partial charge in [-0.3, -0.25) is 0 Å². The Morgan fingerprint density at radius 1 is 1.27 bits per heavy atom. The van der Waals surface area contributed by atoms with Crippen molar-refractivity contribution in [2.75, 3.05) is 6.61 Å². The van der Waals surface area contributed by atoms with Crippen molar-refractivity contribution in [3.63, 3.8) is 0 Å². The lowest BCUT2D eigenvalue weighted by atomic mass is 9.99. The summed E-state index contributed by atoms with van der Waals surface area (Å²) in [7, 11) is 0. The highest BCUT2D eigenvalue weighted by atomic mass is 16.5. The molecule has 0 aromatic carbocycles. The molecule has 0 fully saturated rings. The van der Waals surface area contributed by atoms with Crippen LogP contribution in [-0.4, -0.2) is 24.6 Å². The molecule has 0 aromatic heterocycles. The van der Waals surface area contributed by atoms with Crippen LogP contribution in [0.2, 0.25) is 0 Å². The third kappa shape index (κ3) is 8.45. The second kappa shape index (κ2) is 10.8. The standard InChI is InChI=1S/C18H26O4/c1-3-4-14-21-17(19)12-10-15(2)22-18(20)13-11-16-8-6-5-7-9-16/h8,10-13,15H,3-7,9,14H2,1-2H3/b12-10-,13-11+/t15-/m1/s1. The van der Waals surface area contributed by atoms with Gasteiger partial charge in [0.15, 0.2) is 0 Å². The molecule has 4 heteroatoms. The maximum atomic E-state index is 11.7. The fraction of sp³-hybridized carbons (Fsp3) is 0.556. The van der Waals surface area contributed by atoms with Crippen LogP contribution in [-0.2, 0) is 19.1 Å². The highest BCUT2D eigenvalue weighted by Crippen LogP contribution is 2.18. The van der Waals surface area contributed by atoms with E-state index >= 15 is 0 Å². The topological polar surface area (TPSA) is 52.6 Å². The van der Waals surface area contributed by atoms with Crippen LogP contribution in [0.1, 0.15) is 52.4 Å². The minimum Gasteiger partial charge on any atom is -0.463 e. The number of carbonyl (C=O) groups is 2. The van der Waals surface area contributed by atoms with Crippen molar-refractivity contribution in [3.05, 3.63) is 36.0 Å². The average molecular weight is 306 g/mol. The molecule has 0 aliphatic heterocycles. The van der Waals surface area contributed by atoms with Gasteiger partial charge in [-0.05, 0) is 45.1 Å². The summed E-state index contributed by atoms with van der Waals surface area (Å²) in [6.07, 6.45) is 14.1. The van der Waals surface area contributed by atoms with E-state index in [1.54, 1.807) is 6.92 Å². The molecule has 1 atom stereocenters. The molecular formula is C18H26O4. The summed E-state index contributed by atoms with van der Waals surface area (Å²) in [5.41, 5.74) is 1.19. The van der Waals surface area contributed by atoms with Crippen molar-refractivity contribution < 1.29 is 19.1 Å². The molecule has 122 valence electrons. The van der Waals surface area contributed by atoms with Crippen LogP contribution in [0.25, 0.3) is 0 Å². The molecule has 0 bridgehead atoms. The van der Waals surface area contributed by atoms with Gasteiger partial charge in [-0.1, -0.05) is 31.1 Å². The maximum absolute atomic E-state index is 11.7. The van der Waals surface area contributed by atoms with Gasteiger partial charge in [0, 0.05) is 12.2 Å². The van der Waals surface area contributed by atoms with Crippen molar-refractivity contribution in [1.29, 1.82) is 0 Å². The highest BCUT2D eigenvalue weighted by Gasteiger charge is 2.06. The molecule has 22 heavy (non-hydrogen) atoms. The fourth-order valence-electron chi connectivity index (χ4n) is 2.03. The van der Waals surface area contributed by atoms with E-state index in [1.807, 2.05) is 13.0 Å². The first kappa shape index (κ1) is 18.2. The molecule has 0 aromatic rings. The number of unbranched alkanes of at least 4 members (excludes halogenated alkanes) is 1. The smallest absolute Gasteiger partial charge is 0.331 e. The number of hydrogen-bond donors (Lipinski definition) is 0. The lowest BCUT2D eigenvalue weighted by Crippen LogP contribution is -2.11. The Morgan fingerprint density at radius 2 is 2.09 bits per heavy atom. The largest absolute Gasteiger partial charge is 0.463 e. The monoisotopic (exact) mass is 306 g/mol. The van der Waals surface area contributed by atoms with E-state index in [0.717, 1.165) is 25.7 Å². The molecule has 0 N–H and O–H groups in total. The minimum absolute atomic E-state index is 0.400. The summed E-state index contributed by atoms with van der Waals surface area (Å²) in [4.78, 5) is 23.0. The van der Waals surface area contributed by atoms with Crippen LogP contribution in [0.15, 0.2) is 36.0 Å². The summed E-state index contributed by atoms with van der Waals surface area (Å²) < 4.78 is 10.1. The second-order valence-electron chi connectivity index (χ2n) is 5.38. The van der Waals surface area contributed by atoms with Gasteiger partial charge in [-0.15, -0.1) is 0 Å². The minimum atomic E-state index is -0.462. The highest BCUT2D eigenvalue weighted by molar-refractivity contribution is 5.83. The Balaban J connectivity index is 2.29. The van der Waals surface area contributed by atoms with Crippen LogP contribution in [0.4, 0.5) is 0 Å². The summed E-state index contributed by atoms with van der Waals surface area (Å²) in [6.45, 7) is 4.16. The lowest BCUT2D eigenvalue weighted by Gasteiger charge is -2.09. The molecule has 0 radical (unpaired) electrons. The molecule has 0 saturated carbocycles. The van der Waals surface area contributed by atoms with E-state index in [4.69, 9.17) is 9.47 Å². The molecule has 1 aliphatic carbocycles. The molecule has 0 amide bonds. The van der Waals surface area contributed by atoms with Crippen LogP contribution >= 0.6 is 0 Å². The molecule has 0 unspecified atom stereocenters. The molecule has 1 aliphatic rings. The van der Waals surface area contributed by atoms with E-state index in [2.05, 4.69) is 6.08 Å². The number of rotatable bonds is 8. The average Bonchev–Trinajstić information content (AvgIpc) is 2.52. The molecule has 0 spiro atoms. The van der Waals surface area contributed by atoms with Gasteiger partial charge >= 0.3 is 11.9 Å². The molecular weight excluding hydrogens is 280 g/mol. The zero-order valence-electron chi connectivity index (χ0n) is 13.5. The molecule has 4 nitrogen and oxygen atoms in total. The van der Waals surface area contributed by atoms with Crippen molar-refractivity contribution in [2.45, 2.75) is 58.5 Å². The number of ether oxygens (including phenoxy) is 2. The van der Waals surface area contributed by atoms with E-state index in [-0.39, 0.29) is 0 Å². The van der Waals surface area contributed by atoms with Crippen LogP contribution in [0.5, 0.6) is 0 Å². The van der Waals surface area contributed by atoms with Crippen molar-refractivity contribution in [3.8, 4) is 0 Å². The van der Waals surface area contributed by atoms with Crippen molar-refractivity contribution in [2.24, 2.45) is 0 Å². The van der Waals surface area contributed by atoms with E-state index < -0.39 is 18.0 Å². The van der Waals surface area contributed by atoms with Gasteiger partial charge in [0.2, 0.25) is 0 Å². The Morgan fingerprint density at radius 3 is 2.77 bits per heavy atom. The molecule has 1 rings (SSSR count). The molecule has 0 saturated heterocycles. The Hall–Kier alpha value is -1.84. The number of carbonyl (C=O) groups excluding carboxylic acids is 2. The van der Waals surface area contributed by atoms with E-state index in [0.29, 0.717) is 6.61 Å². The summed E-state index contributed by atoms with van der Waals surface area (Å²) >= 11 is 0. The van der Waals surface area contributed by atoms with Crippen molar-refractivity contribution in [1.82, 2.24) is 0 Å². The Labute approximate surface area is 132 Å². The third-order valence-electron chi connectivity index (χ3n) is 3.31. The quantitative estimate of drug-likeness (QED) is 0.388. The van der Waals surface area contributed by atoms with Gasteiger partial charge in [0.25, 0.3) is 0 Å². The predicted molar refractivity (Wildman–Crippen MR) is 86.3 cm³/mol. The lowest BCUT2D eigenvalue weighted by molar-refractivity contribution is -0.141. The zero-order valence-corrected chi connectivity index (χ0v) is 13.5. The summed E-state index contributed by atoms with van der Waals surface area (Å²) in [6, 6.07) is 0. The summed E-state index contributed by atoms with van der Waals surface area (Å²) in [5, 5.41) is 0.